The lowest BCUT2D eigenvalue weighted by atomic mass is 10.1. The minimum Gasteiger partial charge on any atom is -0.341 e. The normalized spacial score (nSPS) is 10.8. The molecule has 7 heteroatoms. The van der Waals surface area contributed by atoms with Crippen LogP contribution in [0.5, 0.6) is 0 Å². The zero-order chi connectivity index (χ0) is 19.4. The molecule has 0 radical (unpaired) electrons. The summed E-state index contributed by atoms with van der Waals surface area (Å²) >= 11 is 1.34. The average molecular weight is 384 g/mol. The quantitative estimate of drug-likeness (QED) is 0.609. The van der Waals surface area contributed by atoms with Gasteiger partial charge in [-0.2, -0.15) is 0 Å². The molecule has 5 nitrogen and oxygen atoms in total. The summed E-state index contributed by atoms with van der Waals surface area (Å²) in [5.74, 6) is 0.642. The highest BCUT2D eigenvalue weighted by Gasteiger charge is 2.15. The Kier molecular flexibility index (Phi) is 5.91. The Balaban J connectivity index is 1.62. The molecule has 2 aromatic carbocycles. The van der Waals surface area contributed by atoms with E-state index in [2.05, 4.69) is 10.2 Å². The predicted octanol–water partition coefficient (Wildman–Crippen LogP) is 3.68. The van der Waals surface area contributed by atoms with Crippen LogP contribution in [0.2, 0.25) is 0 Å². The molecule has 0 aliphatic heterocycles. The van der Waals surface area contributed by atoms with E-state index in [1.807, 2.05) is 42.8 Å². The van der Waals surface area contributed by atoms with Crippen molar-refractivity contribution in [2.45, 2.75) is 18.6 Å². The summed E-state index contributed by atoms with van der Waals surface area (Å²) in [5.41, 5.74) is 3.08. The van der Waals surface area contributed by atoms with Crippen molar-refractivity contribution in [3.05, 3.63) is 65.5 Å². The third-order valence-electron chi connectivity index (χ3n) is 4.36. The molecule has 0 fully saturated rings. The molecule has 1 amide bonds. The molecule has 1 aromatic heterocycles. The van der Waals surface area contributed by atoms with Gasteiger partial charge in [-0.1, -0.05) is 36.0 Å². The molecule has 0 N–H and O–H groups in total. The minimum absolute atomic E-state index is 0.0228. The number of hydrogen-bond acceptors (Lipinski definition) is 4. The van der Waals surface area contributed by atoms with Crippen molar-refractivity contribution in [3.63, 3.8) is 0 Å². The standard InChI is InChI=1S/C20H21FN4OS/c1-14-6-4-5-7-16(14)12-24(2)18(26)13-27-20-23-22-19(25(20)3)15-8-10-17(21)11-9-15/h4-11H,12-13H2,1-3H3. The molecule has 1 heterocycles. The third-order valence-corrected chi connectivity index (χ3v) is 5.36. The number of aryl methyl sites for hydroxylation is 1. The molecule has 3 rings (SSSR count). The average Bonchev–Trinajstić information content (AvgIpc) is 3.03. The Bertz CT molecular complexity index is 939. The maximum absolute atomic E-state index is 13.1. The Morgan fingerprint density at radius 1 is 1.15 bits per heavy atom. The lowest BCUT2D eigenvalue weighted by molar-refractivity contribution is -0.127. The molecule has 0 saturated heterocycles. The fraction of sp³-hybridized carbons (Fsp3) is 0.250. The summed E-state index contributed by atoms with van der Waals surface area (Å²) in [7, 11) is 3.64. The maximum atomic E-state index is 13.1. The number of thioether (sulfide) groups is 1. The highest BCUT2D eigenvalue weighted by atomic mass is 32.2. The predicted molar refractivity (Wildman–Crippen MR) is 105 cm³/mol. The van der Waals surface area contributed by atoms with Crippen LogP contribution in [0, 0.1) is 12.7 Å². The SMILES string of the molecule is Cc1ccccc1CN(C)C(=O)CSc1nnc(-c2ccc(F)cc2)n1C. The van der Waals surface area contributed by atoms with E-state index in [1.165, 1.54) is 29.5 Å². The van der Waals surface area contributed by atoms with E-state index in [-0.39, 0.29) is 17.5 Å². The summed E-state index contributed by atoms with van der Waals surface area (Å²) in [6.45, 7) is 2.62. The molecule has 0 atom stereocenters. The van der Waals surface area contributed by atoms with Crippen molar-refractivity contribution < 1.29 is 9.18 Å². The first-order chi connectivity index (χ1) is 13.0. The number of carbonyl (C=O) groups is 1. The number of aromatic nitrogens is 3. The van der Waals surface area contributed by atoms with Crippen LogP contribution in [0.15, 0.2) is 53.7 Å². The van der Waals surface area contributed by atoms with Crippen LogP contribution in [0.4, 0.5) is 4.39 Å². The molecular formula is C20H21FN4OS. The van der Waals surface area contributed by atoms with E-state index in [0.29, 0.717) is 17.5 Å². The largest absolute Gasteiger partial charge is 0.341 e. The van der Waals surface area contributed by atoms with Crippen LogP contribution in [-0.2, 0) is 18.4 Å². The number of benzene rings is 2. The van der Waals surface area contributed by atoms with Crippen molar-refractivity contribution in [1.29, 1.82) is 0 Å². The van der Waals surface area contributed by atoms with Gasteiger partial charge in [0.25, 0.3) is 0 Å². The van der Waals surface area contributed by atoms with Gasteiger partial charge in [-0.3, -0.25) is 4.79 Å². The topological polar surface area (TPSA) is 51.0 Å². The highest BCUT2D eigenvalue weighted by Crippen LogP contribution is 2.23. The van der Waals surface area contributed by atoms with Crippen molar-refractivity contribution in [2.75, 3.05) is 12.8 Å². The first-order valence-corrected chi connectivity index (χ1v) is 9.51. The van der Waals surface area contributed by atoms with Crippen LogP contribution >= 0.6 is 11.8 Å². The second-order valence-electron chi connectivity index (χ2n) is 6.34. The summed E-state index contributed by atoms with van der Waals surface area (Å²) < 4.78 is 14.9. The molecule has 0 spiro atoms. The summed E-state index contributed by atoms with van der Waals surface area (Å²) in [4.78, 5) is 14.2. The first kappa shape index (κ1) is 19.1. The lowest BCUT2D eigenvalue weighted by Gasteiger charge is -2.18. The fourth-order valence-electron chi connectivity index (χ4n) is 2.66. The molecule has 0 aliphatic carbocycles. The minimum atomic E-state index is -0.294. The number of halogens is 1. The number of rotatable bonds is 6. The van der Waals surface area contributed by atoms with Gasteiger partial charge in [-0.15, -0.1) is 10.2 Å². The number of amides is 1. The summed E-state index contributed by atoms with van der Waals surface area (Å²) in [6, 6.07) is 14.1. The van der Waals surface area contributed by atoms with Gasteiger partial charge < -0.3 is 9.47 Å². The third kappa shape index (κ3) is 4.54. The summed E-state index contributed by atoms with van der Waals surface area (Å²) in [6.07, 6.45) is 0. The van der Waals surface area contributed by atoms with Gasteiger partial charge in [0, 0.05) is 26.2 Å². The first-order valence-electron chi connectivity index (χ1n) is 8.52. The van der Waals surface area contributed by atoms with Gasteiger partial charge in [0.05, 0.1) is 5.75 Å². The molecule has 0 saturated carbocycles. The van der Waals surface area contributed by atoms with E-state index in [0.717, 1.165) is 11.1 Å². The molecule has 140 valence electrons. The molecule has 0 aliphatic rings. The number of nitrogens with zero attached hydrogens (tertiary/aromatic N) is 4. The zero-order valence-corrected chi connectivity index (χ0v) is 16.3. The highest BCUT2D eigenvalue weighted by molar-refractivity contribution is 7.99. The Hall–Kier alpha value is -2.67. The van der Waals surface area contributed by atoms with Gasteiger partial charge >= 0.3 is 0 Å². The summed E-state index contributed by atoms with van der Waals surface area (Å²) in [5, 5.41) is 8.96. The van der Waals surface area contributed by atoms with E-state index < -0.39 is 0 Å². The van der Waals surface area contributed by atoms with Crippen molar-refractivity contribution >= 4 is 17.7 Å². The van der Waals surface area contributed by atoms with E-state index in [9.17, 15) is 9.18 Å². The van der Waals surface area contributed by atoms with Crippen LogP contribution in [0.25, 0.3) is 11.4 Å². The molecular weight excluding hydrogens is 363 g/mol. The fourth-order valence-corrected chi connectivity index (χ4v) is 3.51. The van der Waals surface area contributed by atoms with E-state index in [1.54, 1.807) is 24.1 Å². The van der Waals surface area contributed by atoms with E-state index in [4.69, 9.17) is 0 Å². The molecule has 27 heavy (non-hydrogen) atoms. The lowest BCUT2D eigenvalue weighted by Crippen LogP contribution is -2.28. The van der Waals surface area contributed by atoms with E-state index >= 15 is 0 Å². The van der Waals surface area contributed by atoms with Gasteiger partial charge in [-0.25, -0.2) is 4.39 Å². The number of hydrogen-bond donors (Lipinski definition) is 0. The smallest absolute Gasteiger partial charge is 0.233 e. The Labute approximate surface area is 162 Å². The van der Waals surface area contributed by atoms with Crippen LogP contribution in [0.1, 0.15) is 11.1 Å². The van der Waals surface area contributed by atoms with Crippen LogP contribution < -0.4 is 0 Å². The number of carbonyl (C=O) groups excluding carboxylic acids is 1. The zero-order valence-electron chi connectivity index (χ0n) is 15.5. The molecule has 3 aromatic rings. The van der Waals surface area contributed by atoms with Crippen molar-refractivity contribution in [2.24, 2.45) is 7.05 Å². The molecule has 0 bridgehead atoms. The van der Waals surface area contributed by atoms with Crippen molar-refractivity contribution in [3.8, 4) is 11.4 Å². The Morgan fingerprint density at radius 2 is 1.85 bits per heavy atom. The maximum Gasteiger partial charge on any atom is 0.233 e. The second-order valence-corrected chi connectivity index (χ2v) is 7.28. The molecule has 0 unspecified atom stereocenters. The Morgan fingerprint density at radius 3 is 2.56 bits per heavy atom. The van der Waals surface area contributed by atoms with Gasteiger partial charge in [0.15, 0.2) is 11.0 Å². The van der Waals surface area contributed by atoms with Crippen LogP contribution in [0.3, 0.4) is 0 Å². The second kappa shape index (κ2) is 8.35. The van der Waals surface area contributed by atoms with Gasteiger partial charge in [0.2, 0.25) is 5.91 Å². The monoisotopic (exact) mass is 384 g/mol. The van der Waals surface area contributed by atoms with Gasteiger partial charge in [-0.05, 0) is 42.3 Å². The van der Waals surface area contributed by atoms with Crippen molar-refractivity contribution in [1.82, 2.24) is 19.7 Å². The van der Waals surface area contributed by atoms with Gasteiger partial charge in [0.1, 0.15) is 5.82 Å². The van der Waals surface area contributed by atoms with Crippen LogP contribution in [-0.4, -0.2) is 38.4 Å².